The van der Waals surface area contributed by atoms with Crippen molar-refractivity contribution in [1.29, 1.82) is 0 Å². The lowest BCUT2D eigenvalue weighted by Crippen LogP contribution is -2.15. The number of rotatable bonds is 1. The second-order valence-electron chi connectivity index (χ2n) is 5.23. The minimum absolute atomic E-state index is 0.471. The van der Waals surface area contributed by atoms with Crippen molar-refractivity contribution in [3.63, 3.8) is 0 Å². The van der Waals surface area contributed by atoms with Gasteiger partial charge in [0, 0.05) is 21.9 Å². The van der Waals surface area contributed by atoms with Gasteiger partial charge in [0.05, 0.1) is 6.26 Å². The maximum atomic E-state index is 2.41. The number of benzene rings is 1. The zero-order valence-electron chi connectivity index (χ0n) is 9.45. The predicted molar refractivity (Wildman–Crippen MR) is 65.7 cm³/mol. The summed E-state index contributed by atoms with van der Waals surface area (Å²) in [6.07, 6.45) is 2.41. The van der Waals surface area contributed by atoms with Gasteiger partial charge in [0.15, 0.2) is 10.5 Å². The van der Waals surface area contributed by atoms with E-state index in [1.807, 2.05) is 0 Å². The molecule has 1 aromatic carbocycles. The van der Waals surface area contributed by atoms with E-state index < -0.39 is 0 Å². The van der Waals surface area contributed by atoms with Crippen LogP contribution < -0.4 is 0 Å². The van der Waals surface area contributed by atoms with Gasteiger partial charge in [-0.1, -0.05) is 51.1 Å². The molecular formula is C13H19S+. The summed E-state index contributed by atoms with van der Waals surface area (Å²) in [6.45, 7) is 7.10. The molecule has 0 N–H and O–H groups in total. The Morgan fingerprint density at radius 1 is 1.07 bits per heavy atom. The van der Waals surface area contributed by atoms with Gasteiger partial charge in [0.25, 0.3) is 0 Å². The zero-order valence-corrected chi connectivity index (χ0v) is 10.3. The van der Waals surface area contributed by atoms with E-state index in [0.717, 1.165) is 10.5 Å². The lowest BCUT2D eigenvalue weighted by molar-refractivity contribution is 0.417. The van der Waals surface area contributed by atoms with Crippen LogP contribution in [0.15, 0.2) is 30.3 Å². The van der Waals surface area contributed by atoms with Crippen molar-refractivity contribution < 1.29 is 0 Å². The molecule has 3 atom stereocenters. The SMILES string of the molecule is C[S+]1[C@@H](c2ccccc2)[C@@H]1C(C)(C)C. The zero-order chi connectivity index (χ0) is 10.3. The van der Waals surface area contributed by atoms with E-state index in [-0.39, 0.29) is 0 Å². The van der Waals surface area contributed by atoms with Gasteiger partial charge in [0.1, 0.15) is 0 Å². The highest BCUT2D eigenvalue weighted by Crippen LogP contribution is 2.55. The summed E-state index contributed by atoms with van der Waals surface area (Å²) in [5.41, 5.74) is 2.01. The van der Waals surface area contributed by atoms with E-state index in [0.29, 0.717) is 16.3 Å². The molecule has 14 heavy (non-hydrogen) atoms. The summed E-state index contributed by atoms with van der Waals surface area (Å²) in [5.74, 6) is 0. The molecule has 1 aliphatic heterocycles. The summed E-state index contributed by atoms with van der Waals surface area (Å²) < 4.78 is 0. The Kier molecular flexibility index (Phi) is 2.38. The van der Waals surface area contributed by atoms with E-state index in [1.165, 1.54) is 0 Å². The van der Waals surface area contributed by atoms with Gasteiger partial charge in [0.2, 0.25) is 0 Å². The van der Waals surface area contributed by atoms with Crippen LogP contribution in [0.25, 0.3) is 0 Å². The van der Waals surface area contributed by atoms with E-state index >= 15 is 0 Å². The first kappa shape index (κ1) is 10.1. The van der Waals surface area contributed by atoms with Crippen molar-refractivity contribution in [2.75, 3.05) is 6.26 Å². The molecule has 0 aliphatic carbocycles. The average molecular weight is 207 g/mol. The fourth-order valence-corrected chi connectivity index (χ4v) is 5.56. The van der Waals surface area contributed by atoms with Crippen LogP contribution in [0, 0.1) is 5.41 Å². The summed E-state index contributed by atoms with van der Waals surface area (Å²) in [7, 11) is 0.593. The summed E-state index contributed by atoms with van der Waals surface area (Å²) >= 11 is 0. The van der Waals surface area contributed by atoms with Gasteiger partial charge >= 0.3 is 0 Å². The molecule has 1 saturated heterocycles. The molecule has 0 aromatic heterocycles. The van der Waals surface area contributed by atoms with E-state index in [1.54, 1.807) is 5.56 Å². The first-order valence-corrected chi connectivity index (χ1v) is 6.96. The first-order valence-electron chi connectivity index (χ1n) is 5.20. The van der Waals surface area contributed by atoms with Crippen LogP contribution in [0.5, 0.6) is 0 Å². The van der Waals surface area contributed by atoms with Gasteiger partial charge in [-0.3, -0.25) is 0 Å². The Bertz CT molecular complexity index is 310. The van der Waals surface area contributed by atoms with Crippen LogP contribution in [0.3, 0.4) is 0 Å². The molecule has 1 heteroatoms. The second kappa shape index (κ2) is 3.30. The van der Waals surface area contributed by atoms with Crippen LogP contribution in [-0.2, 0) is 10.9 Å². The minimum atomic E-state index is 0.471. The van der Waals surface area contributed by atoms with Crippen molar-refractivity contribution in [3.8, 4) is 0 Å². The summed E-state index contributed by atoms with van der Waals surface area (Å²) in [6, 6.07) is 11.0. The maximum absolute atomic E-state index is 2.41. The van der Waals surface area contributed by atoms with Gasteiger partial charge in [-0.25, -0.2) is 0 Å². The quantitative estimate of drug-likeness (QED) is 0.489. The van der Waals surface area contributed by atoms with Crippen molar-refractivity contribution in [3.05, 3.63) is 35.9 Å². The van der Waals surface area contributed by atoms with Gasteiger partial charge in [-0.2, -0.15) is 0 Å². The smallest absolute Gasteiger partial charge is 0.0622 e. The van der Waals surface area contributed by atoms with Crippen molar-refractivity contribution in [2.24, 2.45) is 5.41 Å². The fraction of sp³-hybridized carbons (Fsp3) is 0.538. The molecule has 1 aromatic rings. The molecule has 0 spiro atoms. The van der Waals surface area contributed by atoms with Crippen molar-refractivity contribution in [1.82, 2.24) is 0 Å². The Morgan fingerprint density at radius 3 is 2.07 bits per heavy atom. The highest BCUT2D eigenvalue weighted by molar-refractivity contribution is 8.04. The lowest BCUT2D eigenvalue weighted by atomic mass is 9.89. The third-order valence-electron chi connectivity index (χ3n) is 2.98. The molecule has 1 aliphatic rings. The van der Waals surface area contributed by atoms with Gasteiger partial charge < -0.3 is 0 Å². The minimum Gasteiger partial charge on any atom is -0.0622 e. The van der Waals surface area contributed by atoms with E-state index in [2.05, 4.69) is 57.4 Å². The van der Waals surface area contributed by atoms with Crippen LogP contribution >= 0.6 is 0 Å². The first-order chi connectivity index (χ1) is 6.52. The summed E-state index contributed by atoms with van der Waals surface area (Å²) in [5, 5.41) is 1.72. The molecule has 0 bridgehead atoms. The molecule has 1 fully saturated rings. The van der Waals surface area contributed by atoms with Gasteiger partial charge in [-0.05, 0) is 0 Å². The monoisotopic (exact) mass is 207 g/mol. The fourth-order valence-electron chi connectivity index (χ4n) is 2.35. The van der Waals surface area contributed by atoms with E-state index in [4.69, 9.17) is 0 Å². The van der Waals surface area contributed by atoms with Crippen LogP contribution in [-0.4, -0.2) is 11.5 Å². The topological polar surface area (TPSA) is 0 Å². The highest BCUT2D eigenvalue weighted by atomic mass is 32.2. The van der Waals surface area contributed by atoms with Crippen molar-refractivity contribution in [2.45, 2.75) is 31.3 Å². The number of hydrogen-bond donors (Lipinski definition) is 0. The molecule has 76 valence electrons. The third-order valence-corrected chi connectivity index (χ3v) is 5.79. The average Bonchev–Trinajstić information content (AvgIpc) is 2.78. The normalized spacial score (nSPS) is 31.6. The lowest BCUT2D eigenvalue weighted by Gasteiger charge is -2.11. The van der Waals surface area contributed by atoms with Gasteiger partial charge in [-0.15, -0.1) is 0 Å². The Morgan fingerprint density at radius 2 is 1.64 bits per heavy atom. The van der Waals surface area contributed by atoms with E-state index in [9.17, 15) is 0 Å². The van der Waals surface area contributed by atoms with Crippen LogP contribution in [0.4, 0.5) is 0 Å². The maximum Gasteiger partial charge on any atom is 0.190 e. The molecular weight excluding hydrogens is 188 g/mol. The Balaban J connectivity index is 2.18. The standard InChI is InChI=1S/C13H19S/c1-13(2,3)12-11(14(12)4)10-8-6-5-7-9-10/h5-9,11-12H,1-4H3/q+1/t11-,12+,14?/m0/s1. The molecule has 0 nitrogen and oxygen atoms in total. The Hall–Kier alpha value is -0.430. The molecule has 1 heterocycles. The molecule has 2 rings (SSSR count). The molecule has 0 amide bonds. The Labute approximate surface area is 90.1 Å². The largest absolute Gasteiger partial charge is 0.190 e. The van der Waals surface area contributed by atoms with Crippen molar-refractivity contribution >= 4 is 10.9 Å². The van der Waals surface area contributed by atoms with Crippen LogP contribution in [0.2, 0.25) is 0 Å². The molecule has 0 saturated carbocycles. The summed E-state index contributed by atoms with van der Waals surface area (Å²) in [4.78, 5) is 0. The second-order valence-corrected chi connectivity index (χ2v) is 7.46. The number of hydrogen-bond acceptors (Lipinski definition) is 0. The highest BCUT2D eigenvalue weighted by Gasteiger charge is 2.65. The predicted octanol–water partition coefficient (Wildman–Crippen LogP) is 3.40. The third kappa shape index (κ3) is 1.70. The molecule has 1 unspecified atom stereocenters. The van der Waals surface area contributed by atoms with Crippen LogP contribution in [0.1, 0.15) is 31.6 Å². The molecule has 0 radical (unpaired) electrons.